The lowest BCUT2D eigenvalue weighted by Crippen LogP contribution is -2.40. The van der Waals surface area contributed by atoms with Crippen LogP contribution in [-0.2, 0) is 14.6 Å². The standard InChI is InChI=1S/C23H23F3N4O4S/c1-15-13-22(15)20(31)29(16-5-7-17(8-6-16)35(33,34)23(24,25)26)21(32)30(22)18-9-10-27-14-19(18)28-11-3-2-4-12-28/h5-10,14-15H,2-4,11-13H2,1H3. The number of hydrogen-bond acceptors (Lipinski definition) is 6. The van der Waals surface area contributed by atoms with Crippen molar-refractivity contribution in [1.29, 1.82) is 0 Å². The fraction of sp³-hybridized carbons (Fsp3) is 0.435. The van der Waals surface area contributed by atoms with Gasteiger partial charge in [-0.2, -0.15) is 13.2 Å². The number of anilines is 3. The molecule has 1 spiro atoms. The number of halogens is 3. The molecule has 3 aliphatic rings. The van der Waals surface area contributed by atoms with Gasteiger partial charge in [-0.1, -0.05) is 6.92 Å². The summed E-state index contributed by atoms with van der Waals surface area (Å²) in [6, 6.07) is 4.69. The lowest BCUT2D eigenvalue weighted by molar-refractivity contribution is -0.119. The number of alkyl halides is 3. The molecule has 12 heteroatoms. The molecule has 5 rings (SSSR count). The fourth-order valence-electron chi connectivity index (χ4n) is 5.06. The Hall–Kier alpha value is -3.15. The van der Waals surface area contributed by atoms with Crippen molar-refractivity contribution in [2.24, 2.45) is 5.92 Å². The second kappa shape index (κ2) is 7.94. The molecule has 2 saturated heterocycles. The summed E-state index contributed by atoms with van der Waals surface area (Å²) >= 11 is 0. The average molecular weight is 509 g/mol. The Bertz CT molecular complexity index is 1290. The summed E-state index contributed by atoms with van der Waals surface area (Å²) in [6.07, 6.45) is 6.79. The van der Waals surface area contributed by atoms with Crippen LogP contribution >= 0.6 is 0 Å². The molecule has 0 N–H and O–H groups in total. The number of urea groups is 1. The molecule has 1 aromatic carbocycles. The van der Waals surface area contributed by atoms with Crippen molar-refractivity contribution in [3.63, 3.8) is 0 Å². The van der Waals surface area contributed by atoms with Crippen molar-refractivity contribution in [3.05, 3.63) is 42.7 Å². The molecular formula is C23H23F3N4O4S. The molecule has 35 heavy (non-hydrogen) atoms. The fourth-order valence-corrected chi connectivity index (χ4v) is 5.83. The van der Waals surface area contributed by atoms with E-state index in [0.717, 1.165) is 67.2 Å². The summed E-state index contributed by atoms with van der Waals surface area (Å²) in [5.41, 5.74) is -5.23. The second-order valence-electron chi connectivity index (χ2n) is 9.14. The molecule has 2 aliphatic heterocycles. The number of aromatic nitrogens is 1. The van der Waals surface area contributed by atoms with E-state index in [9.17, 15) is 31.2 Å². The van der Waals surface area contributed by atoms with E-state index in [4.69, 9.17) is 0 Å². The number of hydrogen-bond donors (Lipinski definition) is 0. The number of pyridine rings is 1. The van der Waals surface area contributed by atoms with E-state index >= 15 is 0 Å². The molecule has 2 atom stereocenters. The van der Waals surface area contributed by atoms with Crippen molar-refractivity contribution in [3.8, 4) is 0 Å². The number of amides is 3. The van der Waals surface area contributed by atoms with E-state index in [0.29, 0.717) is 12.1 Å². The van der Waals surface area contributed by atoms with Crippen LogP contribution in [0.5, 0.6) is 0 Å². The number of carbonyl (C=O) groups excluding carboxylic acids is 2. The van der Waals surface area contributed by atoms with Crippen LogP contribution in [0.3, 0.4) is 0 Å². The van der Waals surface area contributed by atoms with Crippen molar-refractivity contribution in [1.82, 2.24) is 4.98 Å². The SMILES string of the molecule is CC1CC12C(=O)N(c1ccc(S(=O)(=O)C(F)(F)F)cc1)C(=O)N2c1ccncc1N1CCCCC1. The van der Waals surface area contributed by atoms with Crippen LogP contribution in [0.15, 0.2) is 47.6 Å². The third-order valence-electron chi connectivity index (χ3n) is 7.05. The molecule has 186 valence electrons. The number of benzene rings is 1. The number of carbonyl (C=O) groups is 2. The molecule has 2 aromatic rings. The summed E-state index contributed by atoms with van der Waals surface area (Å²) < 4.78 is 62.1. The molecule has 3 amide bonds. The van der Waals surface area contributed by atoms with Gasteiger partial charge in [0, 0.05) is 19.3 Å². The minimum absolute atomic E-state index is 0.00989. The Morgan fingerprint density at radius 2 is 1.63 bits per heavy atom. The molecule has 0 radical (unpaired) electrons. The van der Waals surface area contributed by atoms with Gasteiger partial charge in [0.25, 0.3) is 15.7 Å². The van der Waals surface area contributed by atoms with Crippen LogP contribution in [0.1, 0.15) is 32.6 Å². The first-order valence-electron chi connectivity index (χ1n) is 11.3. The predicted molar refractivity (Wildman–Crippen MR) is 122 cm³/mol. The van der Waals surface area contributed by atoms with Crippen molar-refractivity contribution < 1.29 is 31.2 Å². The lowest BCUT2D eigenvalue weighted by atomic mass is 10.1. The first-order valence-corrected chi connectivity index (χ1v) is 12.8. The molecule has 1 aromatic heterocycles. The highest BCUT2D eigenvalue weighted by molar-refractivity contribution is 7.92. The van der Waals surface area contributed by atoms with Crippen LogP contribution in [0.4, 0.5) is 35.0 Å². The Morgan fingerprint density at radius 1 is 1.00 bits per heavy atom. The summed E-state index contributed by atoms with van der Waals surface area (Å²) in [4.78, 5) is 35.1. The maximum absolute atomic E-state index is 13.7. The van der Waals surface area contributed by atoms with Crippen LogP contribution < -0.4 is 14.7 Å². The van der Waals surface area contributed by atoms with Crippen LogP contribution in [0.2, 0.25) is 0 Å². The molecule has 8 nitrogen and oxygen atoms in total. The Kier molecular flexibility index (Phi) is 5.35. The highest BCUT2D eigenvalue weighted by atomic mass is 32.2. The zero-order chi connectivity index (χ0) is 25.2. The molecule has 3 fully saturated rings. The quantitative estimate of drug-likeness (QED) is 0.578. The van der Waals surface area contributed by atoms with E-state index < -0.39 is 37.7 Å². The third-order valence-corrected chi connectivity index (χ3v) is 8.56. The number of imide groups is 1. The minimum Gasteiger partial charge on any atom is -0.369 e. The van der Waals surface area contributed by atoms with Gasteiger partial charge in [0.15, 0.2) is 0 Å². The van der Waals surface area contributed by atoms with Crippen LogP contribution in [0, 0.1) is 5.92 Å². The summed E-state index contributed by atoms with van der Waals surface area (Å²) in [7, 11) is -5.55. The number of sulfone groups is 1. The minimum atomic E-state index is -5.55. The van der Waals surface area contributed by atoms with E-state index in [1.807, 2.05) is 6.92 Å². The highest BCUT2D eigenvalue weighted by Gasteiger charge is 2.71. The Labute approximate surface area is 200 Å². The first kappa shape index (κ1) is 23.6. The van der Waals surface area contributed by atoms with Gasteiger partial charge in [-0.3, -0.25) is 14.7 Å². The van der Waals surface area contributed by atoms with E-state index in [2.05, 4.69) is 9.88 Å². The molecule has 1 aliphatic carbocycles. The summed E-state index contributed by atoms with van der Waals surface area (Å²) in [5.74, 6) is -0.612. The van der Waals surface area contributed by atoms with E-state index in [-0.39, 0.29) is 11.6 Å². The maximum atomic E-state index is 13.7. The molecular weight excluding hydrogens is 485 g/mol. The summed E-state index contributed by atoms with van der Waals surface area (Å²) in [5, 5.41) is 0. The van der Waals surface area contributed by atoms with Gasteiger partial charge >= 0.3 is 11.5 Å². The molecule has 1 saturated carbocycles. The van der Waals surface area contributed by atoms with Gasteiger partial charge in [0.1, 0.15) is 5.54 Å². The third kappa shape index (κ3) is 3.48. The van der Waals surface area contributed by atoms with Gasteiger partial charge in [-0.15, -0.1) is 0 Å². The van der Waals surface area contributed by atoms with Crippen LogP contribution in [-0.4, -0.2) is 49.5 Å². The monoisotopic (exact) mass is 508 g/mol. The van der Waals surface area contributed by atoms with Gasteiger partial charge in [-0.05, 0) is 61.9 Å². The Balaban J connectivity index is 1.54. The van der Waals surface area contributed by atoms with E-state index in [1.165, 1.54) is 4.90 Å². The van der Waals surface area contributed by atoms with E-state index in [1.54, 1.807) is 18.5 Å². The van der Waals surface area contributed by atoms with Gasteiger partial charge < -0.3 is 4.90 Å². The zero-order valence-electron chi connectivity index (χ0n) is 18.8. The number of piperidine rings is 1. The van der Waals surface area contributed by atoms with Crippen molar-refractivity contribution in [2.75, 3.05) is 27.8 Å². The lowest BCUT2D eigenvalue weighted by Gasteiger charge is -2.33. The smallest absolute Gasteiger partial charge is 0.369 e. The average Bonchev–Trinajstić information content (AvgIpc) is 3.45. The maximum Gasteiger partial charge on any atom is 0.501 e. The Morgan fingerprint density at radius 3 is 2.20 bits per heavy atom. The molecule has 3 heterocycles. The van der Waals surface area contributed by atoms with Gasteiger partial charge in [0.2, 0.25) is 0 Å². The topological polar surface area (TPSA) is 90.9 Å². The van der Waals surface area contributed by atoms with Gasteiger partial charge in [0.05, 0.1) is 28.2 Å². The zero-order valence-corrected chi connectivity index (χ0v) is 19.6. The normalized spacial score (nSPS) is 25.0. The largest absolute Gasteiger partial charge is 0.501 e. The van der Waals surface area contributed by atoms with Crippen LogP contribution in [0.25, 0.3) is 0 Å². The van der Waals surface area contributed by atoms with Crippen molar-refractivity contribution in [2.45, 2.75) is 48.5 Å². The molecule has 0 bridgehead atoms. The van der Waals surface area contributed by atoms with Crippen molar-refractivity contribution >= 4 is 38.8 Å². The second-order valence-corrected chi connectivity index (χ2v) is 11.1. The highest BCUT2D eigenvalue weighted by Crippen LogP contribution is 2.56. The molecule has 2 unspecified atom stereocenters. The number of nitrogens with zero attached hydrogens (tertiary/aromatic N) is 4. The van der Waals surface area contributed by atoms with Gasteiger partial charge in [-0.25, -0.2) is 18.1 Å². The first-order chi connectivity index (χ1) is 16.5. The summed E-state index contributed by atoms with van der Waals surface area (Å²) in [6.45, 7) is 3.47. The predicted octanol–water partition coefficient (Wildman–Crippen LogP) is 4.12. The number of rotatable bonds is 4.